The van der Waals surface area contributed by atoms with E-state index in [1.165, 1.54) is 12.1 Å². The van der Waals surface area contributed by atoms with Crippen molar-refractivity contribution in [1.29, 1.82) is 0 Å². The van der Waals surface area contributed by atoms with Gasteiger partial charge in [0.05, 0.1) is 10.6 Å². The quantitative estimate of drug-likeness (QED) is 0.742. The maximum Gasteiger partial charge on any atom is 0.417 e. The van der Waals surface area contributed by atoms with Crippen LogP contribution in [-0.4, -0.2) is 59.7 Å². The first-order valence-electron chi connectivity index (χ1n) is 8.59. The Balaban J connectivity index is 1.56. The third kappa shape index (κ3) is 4.83. The van der Waals surface area contributed by atoms with Gasteiger partial charge in [0.25, 0.3) is 5.91 Å². The normalized spacial score (nSPS) is 20.7. The Morgan fingerprint density at radius 2 is 1.89 bits per heavy atom. The van der Waals surface area contributed by atoms with Crippen LogP contribution < -0.4 is 5.32 Å². The van der Waals surface area contributed by atoms with E-state index >= 15 is 0 Å². The topological polar surface area (TPSA) is 44.8 Å². The van der Waals surface area contributed by atoms with Crippen LogP contribution in [0.1, 0.15) is 18.4 Å². The monoisotopic (exact) mass is 421 g/mol. The van der Waals surface area contributed by atoms with Crippen molar-refractivity contribution in [3.63, 3.8) is 0 Å². The summed E-state index contributed by atoms with van der Waals surface area (Å²) >= 11 is 10.9. The minimum atomic E-state index is -4.54. The van der Waals surface area contributed by atoms with E-state index in [2.05, 4.69) is 5.32 Å². The summed E-state index contributed by atoms with van der Waals surface area (Å²) in [5, 5.41) is 2.77. The largest absolute Gasteiger partial charge is 0.417 e. The zero-order chi connectivity index (χ0) is 19.6. The van der Waals surface area contributed by atoms with E-state index < -0.39 is 11.7 Å². The average molecular weight is 422 g/mol. The number of ether oxygens (including phenoxy) is 1. The van der Waals surface area contributed by atoms with Gasteiger partial charge in [0, 0.05) is 38.5 Å². The molecule has 1 aromatic rings. The lowest BCUT2D eigenvalue weighted by atomic mass is 10.2. The van der Waals surface area contributed by atoms with E-state index in [1.54, 1.807) is 4.90 Å². The van der Waals surface area contributed by atoms with Crippen molar-refractivity contribution in [3.05, 3.63) is 28.8 Å². The van der Waals surface area contributed by atoms with Crippen LogP contribution in [0.2, 0.25) is 5.02 Å². The number of nitrogens with zero attached hydrogens (tertiary/aromatic N) is 2. The van der Waals surface area contributed by atoms with Gasteiger partial charge < -0.3 is 19.9 Å². The SMILES string of the molecule is O=C(C1CCCO1)N1CCN(C(=S)Nc2ccc(Cl)c(C(F)(F)F)c2)CC1. The number of anilines is 1. The molecule has 10 heteroatoms. The molecule has 1 unspecified atom stereocenters. The van der Waals surface area contributed by atoms with Gasteiger partial charge in [-0.15, -0.1) is 0 Å². The first kappa shape index (κ1) is 20.2. The number of thiocarbonyl (C=S) groups is 1. The fourth-order valence-electron chi connectivity index (χ4n) is 3.13. The highest BCUT2D eigenvalue weighted by molar-refractivity contribution is 7.80. The van der Waals surface area contributed by atoms with Crippen LogP contribution in [0.15, 0.2) is 18.2 Å². The van der Waals surface area contributed by atoms with Crippen LogP contribution in [0.5, 0.6) is 0 Å². The molecule has 5 nitrogen and oxygen atoms in total. The van der Waals surface area contributed by atoms with E-state index in [4.69, 9.17) is 28.6 Å². The Kier molecular flexibility index (Phi) is 6.12. The number of hydrogen-bond acceptors (Lipinski definition) is 3. The van der Waals surface area contributed by atoms with Crippen molar-refractivity contribution in [3.8, 4) is 0 Å². The van der Waals surface area contributed by atoms with Gasteiger partial charge in [0.1, 0.15) is 6.10 Å². The van der Waals surface area contributed by atoms with Crippen molar-refractivity contribution in [1.82, 2.24) is 9.80 Å². The molecule has 2 aliphatic rings. The molecule has 2 fully saturated rings. The van der Waals surface area contributed by atoms with E-state index in [1.807, 2.05) is 4.90 Å². The molecule has 2 saturated heterocycles. The summed E-state index contributed by atoms with van der Waals surface area (Å²) in [4.78, 5) is 15.9. The lowest BCUT2D eigenvalue weighted by Crippen LogP contribution is -2.53. The number of rotatable bonds is 2. The Labute approximate surface area is 165 Å². The molecule has 1 amide bonds. The lowest BCUT2D eigenvalue weighted by molar-refractivity contribution is -0.142. The molecule has 0 radical (unpaired) electrons. The average Bonchev–Trinajstić information content (AvgIpc) is 3.16. The summed E-state index contributed by atoms with van der Waals surface area (Å²) in [6, 6.07) is 3.57. The molecular weight excluding hydrogens is 403 g/mol. The minimum absolute atomic E-state index is 0.00134. The van der Waals surface area contributed by atoms with Gasteiger partial charge in [-0.1, -0.05) is 11.6 Å². The van der Waals surface area contributed by atoms with E-state index in [0.717, 1.165) is 18.9 Å². The van der Waals surface area contributed by atoms with E-state index in [0.29, 0.717) is 37.9 Å². The van der Waals surface area contributed by atoms with Crippen molar-refractivity contribution >= 4 is 40.5 Å². The van der Waals surface area contributed by atoms with Crippen molar-refractivity contribution < 1.29 is 22.7 Å². The first-order chi connectivity index (χ1) is 12.8. The van der Waals surface area contributed by atoms with Gasteiger partial charge in [-0.05, 0) is 43.3 Å². The molecule has 1 aromatic carbocycles. The Morgan fingerprint density at radius 1 is 1.22 bits per heavy atom. The smallest absolute Gasteiger partial charge is 0.368 e. The number of nitrogens with one attached hydrogen (secondary N) is 1. The lowest BCUT2D eigenvalue weighted by Gasteiger charge is -2.37. The standard InChI is InChI=1S/C17H19ClF3N3O2S/c18-13-4-3-11(10-12(13)17(19,20)21)22-16(27)24-7-5-23(6-8-24)15(25)14-2-1-9-26-14/h3-4,10,14H,1-2,5-9H2,(H,22,27). The molecule has 3 rings (SSSR count). The van der Waals surface area contributed by atoms with Crippen LogP contribution in [0.4, 0.5) is 18.9 Å². The third-order valence-electron chi connectivity index (χ3n) is 4.61. The molecule has 27 heavy (non-hydrogen) atoms. The van der Waals surface area contributed by atoms with Crippen molar-refractivity contribution in [2.45, 2.75) is 25.1 Å². The summed E-state index contributed by atoms with van der Waals surface area (Å²) < 4.78 is 44.3. The second-order valence-corrected chi connectivity index (χ2v) is 7.23. The second-order valence-electron chi connectivity index (χ2n) is 6.44. The van der Waals surface area contributed by atoms with E-state index in [-0.39, 0.29) is 22.7 Å². The van der Waals surface area contributed by atoms with Gasteiger partial charge >= 0.3 is 6.18 Å². The summed E-state index contributed by atoms with van der Waals surface area (Å²) in [5.41, 5.74) is -0.696. The summed E-state index contributed by atoms with van der Waals surface area (Å²) in [5.74, 6) is -0.00134. The number of amides is 1. The minimum Gasteiger partial charge on any atom is -0.368 e. The number of hydrogen-bond donors (Lipinski definition) is 1. The number of halogens is 4. The predicted molar refractivity (Wildman–Crippen MR) is 99.8 cm³/mol. The summed E-state index contributed by atoms with van der Waals surface area (Å²) in [7, 11) is 0. The van der Waals surface area contributed by atoms with Crippen LogP contribution in [0.3, 0.4) is 0 Å². The van der Waals surface area contributed by atoms with Crippen LogP contribution >= 0.6 is 23.8 Å². The number of carbonyl (C=O) groups excluding carboxylic acids is 1. The Bertz CT molecular complexity index is 718. The van der Waals surface area contributed by atoms with Crippen LogP contribution in [0.25, 0.3) is 0 Å². The molecule has 0 spiro atoms. The van der Waals surface area contributed by atoms with Gasteiger partial charge in [-0.2, -0.15) is 13.2 Å². The number of piperazine rings is 1. The molecule has 1 atom stereocenters. The molecule has 0 bridgehead atoms. The maximum atomic E-state index is 13.0. The fraction of sp³-hybridized carbons (Fsp3) is 0.529. The van der Waals surface area contributed by atoms with Crippen molar-refractivity contribution in [2.75, 3.05) is 38.1 Å². The molecule has 0 saturated carbocycles. The Hall–Kier alpha value is -1.58. The van der Waals surface area contributed by atoms with Crippen molar-refractivity contribution in [2.24, 2.45) is 0 Å². The highest BCUT2D eigenvalue weighted by Crippen LogP contribution is 2.36. The molecule has 0 aromatic heterocycles. The fourth-order valence-corrected chi connectivity index (χ4v) is 3.65. The second kappa shape index (κ2) is 8.20. The molecule has 0 aliphatic carbocycles. The van der Waals surface area contributed by atoms with Crippen LogP contribution in [0, 0.1) is 0 Å². The van der Waals surface area contributed by atoms with Gasteiger partial charge in [0.2, 0.25) is 0 Å². The van der Waals surface area contributed by atoms with Crippen LogP contribution in [-0.2, 0) is 15.7 Å². The summed E-state index contributed by atoms with van der Waals surface area (Å²) in [6.07, 6.45) is -3.25. The van der Waals surface area contributed by atoms with Gasteiger partial charge in [-0.25, -0.2) is 0 Å². The predicted octanol–water partition coefficient (Wildman–Crippen LogP) is 3.38. The molecule has 148 valence electrons. The molecule has 2 heterocycles. The van der Waals surface area contributed by atoms with Gasteiger partial charge in [0.15, 0.2) is 5.11 Å². The van der Waals surface area contributed by atoms with E-state index in [9.17, 15) is 18.0 Å². The third-order valence-corrected chi connectivity index (χ3v) is 5.30. The highest BCUT2D eigenvalue weighted by atomic mass is 35.5. The zero-order valence-corrected chi connectivity index (χ0v) is 16.0. The Morgan fingerprint density at radius 3 is 2.48 bits per heavy atom. The summed E-state index contributed by atoms with van der Waals surface area (Å²) in [6.45, 7) is 2.61. The number of benzene rings is 1. The van der Waals surface area contributed by atoms with Gasteiger partial charge in [-0.3, -0.25) is 4.79 Å². The number of carbonyl (C=O) groups is 1. The maximum absolute atomic E-state index is 13.0. The molecule has 1 N–H and O–H groups in total. The molecule has 2 aliphatic heterocycles. The number of alkyl halides is 3. The zero-order valence-electron chi connectivity index (χ0n) is 14.4. The highest BCUT2D eigenvalue weighted by Gasteiger charge is 2.34. The first-order valence-corrected chi connectivity index (χ1v) is 9.37. The molecular formula is C17H19ClF3N3O2S.